The molecule has 0 atom stereocenters. The average Bonchev–Trinajstić information content (AvgIpc) is 1.41. The second-order valence-electron chi connectivity index (χ2n) is 0.224. The van der Waals surface area contributed by atoms with Gasteiger partial charge in [-0.2, -0.15) is 0 Å². The van der Waals surface area contributed by atoms with E-state index in [1.54, 1.807) is 0 Å². The van der Waals surface area contributed by atoms with Gasteiger partial charge in [-0.25, -0.2) is 0 Å². The normalized spacial score (nSPS) is 4.00. The monoisotopic (exact) mass is 198 g/mol. The van der Waals surface area contributed by atoms with Gasteiger partial charge in [0.25, 0.3) is 0 Å². The zero-order valence-corrected chi connectivity index (χ0v) is 4.66. The first-order valence-electron chi connectivity index (χ1n) is 0.901. The Hall–Kier alpha value is -0.390. The first-order chi connectivity index (χ1) is 2.73. The Morgan fingerprint density at radius 3 is 1.43 bits per heavy atom. The van der Waals surface area contributed by atoms with Crippen LogP contribution in [0.2, 0.25) is 0 Å². The molecule has 5 nitrogen and oxygen atoms in total. The smallest absolute Gasteiger partial charge is 0.356 e. The number of rotatable bonds is 0. The minimum atomic E-state index is -1.75. The summed E-state index contributed by atoms with van der Waals surface area (Å²) in [5.74, 6) is 0. The second kappa shape index (κ2) is 17.5. The van der Waals surface area contributed by atoms with E-state index in [0.29, 0.717) is 0 Å². The van der Waals surface area contributed by atoms with Gasteiger partial charge in [0.15, 0.2) is 0 Å². The van der Waals surface area contributed by atoms with Crippen LogP contribution in [0.4, 0.5) is 0 Å². The van der Waals surface area contributed by atoms with Crippen LogP contribution in [-0.4, -0.2) is 11.8 Å². The Morgan fingerprint density at radius 1 is 1.43 bits per heavy atom. The van der Waals surface area contributed by atoms with Crippen LogP contribution in [0.25, 0.3) is 0 Å². The van der Waals surface area contributed by atoms with Crippen molar-refractivity contribution in [2.75, 3.05) is 0 Å². The first kappa shape index (κ1) is 16.0. The fourth-order valence-corrected chi connectivity index (χ4v) is 0. The van der Waals surface area contributed by atoms with Gasteiger partial charge >= 0.3 is 22.4 Å². The molecule has 0 saturated carbocycles. The third-order valence-corrected chi connectivity index (χ3v) is 0. The van der Waals surface area contributed by atoms with Crippen LogP contribution >= 0.6 is 0 Å². The summed E-state index contributed by atoms with van der Waals surface area (Å²) in [4.78, 5) is 8.25. The van der Waals surface area contributed by atoms with E-state index in [1.807, 2.05) is 0 Å². The van der Waals surface area contributed by atoms with Gasteiger partial charge in [0, 0.05) is 0 Å². The number of hydrogen-bond donors (Lipinski definition) is 1. The molecule has 0 spiro atoms. The maximum absolute atomic E-state index is 8.25. The van der Waals surface area contributed by atoms with Crippen molar-refractivity contribution in [3.8, 4) is 0 Å². The van der Waals surface area contributed by atoms with E-state index in [4.69, 9.17) is 20.7 Å². The van der Waals surface area contributed by atoms with Crippen molar-refractivity contribution < 1.29 is 27.5 Å². The van der Waals surface area contributed by atoms with Crippen LogP contribution in [0, 0.1) is 20.7 Å². The molecule has 0 aromatic carbocycles. The molecule has 0 bridgehead atoms. The van der Waals surface area contributed by atoms with Crippen molar-refractivity contribution in [1.82, 2.24) is 0 Å². The molecule has 6 heteroatoms. The Balaban J connectivity index is -0.0000000480. The van der Waals surface area contributed by atoms with E-state index in [2.05, 4.69) is 6.72 Å². The molecule has 7 heavy (non-hydrogen) atoms. The van der Waals surface area contributed by atoms with E-state index in [0.717, 1.165) is 0 Å². The largest absolute Gasteiger partial charge is 1.00 e. The molecule has 0 radical (unpaired) electrons. The predicted molar refractivity (Wildman–Crippen MR) is 20.2 cm³/mol. The SMILES string of the molecule is C=N.O=[N+]([O-])[O-].[Ag+]. The van der Waals surface area contributed by atoms with Crippen LogP contribution in [0.5, 0.6) is 0 Å². The molecular weight excluding hydrogens is 196 g/mol. The number of hydrogen-bond acceptors (Lipinski definition) is 4. The summed E-state index contributed by atoms with van der Waals surface area (Å²) in [6.07, 6.45) is 0. The molecular formula is CH3AgN2O3. The summed E-state index contributed by atoms with van der Waals surface area (Å²) in [5, 5.41) is 20.2. The molecule has 0 heterocycles. The summed E-state index contributed by atoms with van der Waals surface area (Å²) >= 11 is 0. The standard InChI is InChI=1S/CH3N.Ag.NO3/c1-2;;2-1(3)4/h2H,1H2;;/q;+1;-1. The van der Waals surface area contributed by atoms with Crippen LogP contribution in [0.15, 0.2) is 0 Å². The van der Waals surface area contributed by atoms with E-state index < -0.39 is 5.09 Å². The van der Waals surface area contributed by atoms with Gasteiger partial charge in [-0.3, -0.25) is 0 Å². The van der Waals surface area contributed by atoms with Crippen molar-refractivity contribution in [3.63, 3.8) is 0 Å². The van der Waals surface area contributed by atoms with Gasteiger partial charge in [-0.05, 0) is 6.72 Å². The minimum Gasteiger partial charge on any atom is -0.356 e. The molecule has 0 unspecified atom stereocenters. The van der Waals surface area contributed by atoms with Crippen molar-refractivity contribution in [2.24, 2.45) is 0 Å². The molecule has 0 amide bonds. The maximum Gasteiger partial charge on any atom is 1.00 e. The fourth-order valence-electron chi connectivity index (χ4n) is 0. The van der Waals surface area contributed by atoms with Gasteiger partial charge in [0.05, 0.1) is 5.09 Å². The molecule has 0 saturated heterocycles. The Bertz CT molecular complexity index is 44.2. The zero-order valence-electron chi connectivity index (χ0n) is 3.18. The Morgan fingerprint density at radius 2 is 1.43 bits per heavy atom. The number of nitrogens with zero attached hydrogens (tertiary/aromatic N) is 1. The Kier molecular flexibility index (Phi) is 39.9. The van der Waals surface area contributed by atoms with Crippen molar-refractivity contribution in [1.29, 1.82) is 5.41 Å². The van der Waals surface area contributed by atoms with Gasteiger partial charge < -0.3 is 20.7 Å². The fraction of sp³-hybridized carbons (Fsp3) is 0. The van der Waals surface area contributed by atoms with Gasteiger partial charge in [0.1, 0.15) is 0 Å². The van der Waals surface area contributed by atoms with E-state index in [9.17, 15) is 0 Å². The van der Waals surface area contributed by atoms with E-state index in [1.165, 1.54) is 0 Å². The molecule has 0 fully saturated rings. The summed E-state index contributed by atoms with van der Waals surface area (Å²) < 4.78 is 0. The topological polar surface area (TPSA) is 90.0 Å². The van der Waals surface area contributed by atoms with E-state index >= 15 is 0 Å². The quantitative estimate of drug-likeness (QED) is 0.258. The van der Waals surface area contributed by atoms with Crippen molar-refractivity contribution in [3.05, 3.63) is 15.3 Å². The van der Waals surface area contributed by atoms with Crippen LogP contribution < -0.4 is 0 Å². The average molecular weight is 199 g/mol. The molecule has 46 valence electrons. The summed E-state index contributed by atoms with van der Waals surface area (Å²) in [6, 6.07) is 0. The van der Waals surface area contributed by atoms with Crippen molar-refractivity contribution >= 4 is 6.72 Å². The third-order valence-electron chi connectivity index (χ3n) is 0. The molecule has 0 aliphatic carbocycles. The van der Waals surface area contributed by atoms with E-state index in [-0.39, 0.29) is 22.4 Å². The van der Waals surface area contributed by atoms with Gasteiger partial charge in [0.2, 0.25) is 0 Å². The number of nitrogens with one attached hydrogen (secondary N) is 1. The summed E-state index contributed by atoms with van der Waals surface area (Å²) in [6.45, 7) is 2.50. The summed E-state index contributed by atoms with van der Waals surface area (Å²) in [7, 11) is 0. The molecule has 0 rings (SSSR count). The molecule has 1 N–H and O–H groups in total. The van der Waals surface area contributed by atoms with Crippen molar-refractivity contribution in [2.45, 2.75) is 0 Å². The summed E-state index contributed by atoms with van der Waals surface area (Å²) in [5.41, 5.74) is 0. The predicted octanol–water partition coefficient (Wildman–Crippen LogP) is 0.0242. The molecule has 0 aromatic heterocycles. The van der Waals surface area contributed by atoms with Gasteiger partial charge in [-0.15, -0.1) is 0 Å². The molecule has 0 aliphatic rings. The van der Waals surface area contributed by atoms with Gasteiger partial charge in [-0.1, -0.05) is 0 Å². The zero-order chi connectivity index (χ0) is 5.58. The van der Waals surface area contributed by atoms with Crippen LogP contribution in [0.1, 0.15) is 0 Å². The van der Waals surface area contributed by atoms with Crippen LogP contribution in [-0.2, 0) is 22.4 Å². The maximum atomic E-state index is 8.25. The van der Waals surface area contributed by atoms with Crippen LogP contribution in [0.3, 0.4) is 0 Å². The second-order valence-corrected chi connectivity index (χ2v) is 0.224. The minimum absolute atomic E-state index is 0. The molecule has 0 aromatic rings. The first-order valence-corrected chi connectivity index (χ1v) is 0.901. The Labute approximate surface area is 55.5 Å². The third kappa shape index (κ3) is 481. The molecule has 0 aliphatic heterocycles.